The first-order valence-electron chi connectivity index (χ1n) is 8.24. The van der Waals surface area contributed by atoms with Crippen molar-refractivity contribution < 1.29 is 9.53 Å². The van der Waals surface area contributed by atoms with Crippen LogP contribution in [0.15, 0.2) is 12.1 Å². The Labute approximate surface area is 132 Å². The Balaban J connectivity index is 1.91. The highest BCUT2D eigenvalue weighted by Crippen LogP contribution is 2.35. The van der Waals surface area contributed by atoms with Crippen molar-refractivity contribution in [2.45, 2.75) is 59.5 Å². The van der Waals surface area contributed by atoms with Gasteiger partial charge in [-0.25, -0.2) is 0 Å². The number of hydrogen-bond acceptors (Lipinski definition) is 3. The van der Waals surface area contributed by atoms with Gasteiger partial charge in [-0.3, -0.25) is 4.79 Å². The van der Waals surface area contributed by atoms with E-state index in [1.54, 1.807) is 11.3 Å². The molecule has 3 heteroatoms. The van der Waals surface area contributed by atoms with E-state index in [9.17, 15) is 4.79 Å². The molecule has 2 rings (SSSR count). The number of aryl methyl sites for hydroxylation is 1. The summed E-state index contributed by atoms with van der Waals surface area (Å²) in [5.41, 5.74) is 0. The van der Waals surface area contributed by atoms with Crippen molar-refractivity contribution in [3.05, 3.63) is 21.9 Å². The lowest BCUT2D eigenvalue weighted by atomic mass is 9.75. The first kappa shape index (κ1) is 16.7. The van der Waals surface area contributed by atoms with Crippen LogP contribution in [0.4, 0.5) is 0 Å². The summed E-state index contributed by atoms with van der Waals surface area (Å²) in [6.45, 7) is 9.19. The van der Waals surface area contributed by atoms with Gasteiger partial charge in [0.05, 0.1) is 11.0 Å². The minimum Gasteiger partial charge on any atom is -0.370 e. The van der Waals surface area contributed by atoms with Gasteiger partial charge in [-0.15, -0.1) is 11.3 Å². The first-order chi connectivity index (χ1) is 10.0. The Hall–Kier alpha value is -0.670. The van der Waals surface area contributed by atoms with Crippen LogP contribution in [0.2, 0.25) is 0 Å². The summed E-state index contributed by atoms with van der Waals surface area (Å²) in [6.07, 6.45) is 4.87. The molecule has 0 radical (unpaired) electrons. The quantitative estimate of drug-likeness (QED) is 0.693. The van der Waals surface area contributed by atoms with Gasteiger partial charge in [-0.05, 0) is 49.1 Å². The fraction of sp³-hybridized carbons (Fsp3) is 0.722. The van der Waals surface area contributed by atoms with Crippen molar-refractivity contribution in [2.24, 2.45) is 17.8 Å². The molecule has 1 aromatic heterocycles. The molecule has 1 heterocycles. The molecule has 1 saturated carbocycles. The molecule has 1 aromatic rings. The number of carbonyl (C=O) groups is 1. The van der Waals surface area contributed by atoms with Crippen LogP contribution in [0.25, 0.3) is 0 Å². The van der Waals surface area contributed by atoms with Crippen LogP contribution in [-0.2, 0) is 11.2 Å². The van der Waals surface area contributed by atoms with Gasteiger partial charge in [0, 0.05) is 4.88 Å². The van der Waals surface area contributed by atoms with E-state index in [4.69, 9.17) is 4.74 Å². The molecule has 0 amide bonds. The molecule has 0 N–H and O–H groups in total. The highest BCUT2D eigenvalue weighted by atomic mass is 32.1. The van der Waals surface area contributed by atoms with Gasteiger partial charge in [0.1, 0.15) is 6.61 Å². The zero-order valence-corrected chi connectivity index (χ0v) is 14.5. The van der Waals surface area contributed by atoms with Crippen LogP contribution in [0.1, 0.15) is 61.5 Å². The zero-order chi connectivity index (χ0) is 15.4. The molecule has 0 aromatic carbocycles. The predicted octanol–water partition coefficient (Wildman–Crippen LogP) is 4.97. The lowest BCUT2D eigenvalue weighted by Crippen LogP contribution is -2.35. The maximum atomic E-state index is 12.3. The van der Waals surface area contributed by atoms with Crippen LogP contribution in [0.5, 0.6) is 0 Å². The summed E-state index contributed by atoms with van der Waals surface area (Å²) in [5.74, 6) is 2.09. The minimum atomic E-state index is 0.139. The van der Waals surface area contributed by atoms with E-state index in [1.165, 1.54) is 17.7 Å². The van der Waals surface area contributed by atoms with Crippen LogP contribution < -0.4 is 0 Å². The van der Waals surface area contributed by atoms with Crippen LogP contribution >= 0.6 is 11.3 Å². The highest BCUT2D eigenvalue weighted by molar-refractivity contribution is 7.14. The molecule has 2 nitrogen and oxygen atoms in total. The predicted molar refractivity (Wildman–Crippen MR) is 89.1 cm³/mol. The third-order valence-electron chi connectivity index (χ3n) is 4.67. The fourth-order valence-electron chi connectivity index (χ4n) is 3.28. The smallest absolute Gasteiger partial charge is 0.198 e. The Morgan fingerprint density at radius 3 is 2.76 bits per heavy atom. The Morgan fingerprint density at radius 2 is 2.14 bits per heavy atom. The Kier molecular flexibility index (Phi) is 6.00. The number of ether oxygens (including phenoxy) is 1. The molecule has 0 bridgehead atoms. The SMILES string of the molecule is CCc1ccc(C(=O)COC2CC(C)CCC2C(C)C)s1. The monoisotopic (exact) mass is 308 g/mol. The first-order valence-corrected chi connectivity index (χ1v) is 9.06. The largest absolute Gasteiger partial charge is 0.370 e. The van der Waals surface area contributed by atoms with Gasteiger partial charge in [0.2, 0.25) is 0 Å². The minimum absolute atomic E-state index is 0.139. The van der Waals surface area contributed by atoms with Gasteiger partial charge < -0.3 is 4.74 Å². The van der Waals surface area contributed by atoms with Gasteiger partial charge >= 0.3 is 0 Å². The van der Waals surface area contributed by atoms with Crippen LogP contribution in [0.3, 0.4) is 0 Å². The van der Waals surface area contributed by atoms with E-state index < -0.39 is 0 Å². The highest BCUT2D eigenvalue weighted by Gasteiger charge is 2.31. The molecular weight excluding hydrogens is 280 g/mol. The van der Waals surface area contributed by atoms with Crippen molar-refractivity contribution in [1.29, 1.82) is 0 Å². The zero-order valence-electron chi connectivity index (χ0n) is 13.7. The van der Waals surface area contributed by atoms with Crippen LogP contribution in [-0.4, -0.2) is 18.5 Å². The third kappa shape index (κ3) is 4.40. The van der Waals surface area contributed by atoms with E-state index in [2.05, 4.69) is 33.8 Å². The van der Waals surface area contributed by atoms with E-state index in [0.717, 1.165) is 17.7 Å². The lowest BCUT2D eigenvalue weighted by Gasteiger charge is -2.37. The van der Waals surface area contributed by atoms with Crippen molar-refractivity contribution in [3.8, 4) is 0 Å². The molecule has 1 fully saturated rings. The van der Waals surface area contributed by atoms with Crippen LogP contribution in [0, 0.1) is 17.8 Å². The molecule has 0 aliphatic heterocycles. The molecule has 0 saturated heterocycles. The summed E-state index contributed by atoms with van der Waals surface area (Å²) in [7, 11) is 0. The second-order valence-electron chi connectivity index (χ2n) is 6.72. The molecular formula is C18H28O2S. The second-order valence-corrected chi connectivity index (χ2v) is 7.89. The summed E-state index contributed by atoms with van der Waals surface area (Å²) >= 11 is 1.61. The number of carbonyl (C=O) groups excluding carboxylic acids is 1. The lowest BCUT2D eigenvalue weighted by molar-refractivity contribution is -0.0308. The number of hydrogen-bond donors (Lipinski definition) is 0. The average molecular weight is 308 g/mol. The standard InChI is InChI=1S/C18H28O2S/c1-5-14-7-9-18(21-14)16(19)11-20-17-10-13(4)6-8-15(17)12(2)3/h7,9,12-13,15,17H,5-6,8,10-11H2,1-4H3. The molecule has 1 aliphatic rings. The van der Waals surface area contributed by atoms with E-state index in [-0.39, 0.29) is 18.5 Å². The maximum Gasteiger partial charge on any atom is 0.198 e. The molecule has 21 heavy (non-hydrogen) atoms. The van der Waals surface area contributed by atoms with Gasteiger partial charge in [-0.2, -0.15) is 0 Å². The fourth-order valence-corrected chi connectivity index (χ4v) is 4.15. The number of thiophene rings is 1. The van der Waals surface area contributed by atoms with Crippen molar-refractivity contribution in [1.82, 2.24) is 0 Å². The van der Waals surface area contributed by atoms with Gasteiger partial charge in [-0.1, -0.05) is 34.1 Å². The molecule has 118 valence electrons. The van der Waals surface area contributed by atoms with E-state index >= 15 is 0 Å². The number of Topliss-reactive ketones (excluding diaryl/α,β-unsaturated/α-hetero) is 1. The summed E-state index contributed by atoms with van der Waals surface area (Å²) in [5, 5.41) is 0. The van der Waals surface area contributed by atoms with E-state index in [0.29, 0.717) is 17.8 Å². The Morgan fingerprint density at radius 1 is 1.38 bits per heavy atom. The number of ketones is 1. The molecule has 0 spiro atoms. The van der Waals surface area contributed by atoms with Crippen molar-refractivity contribution in [3.63, 3.8) is 0 Å². The summed E-state index contributed by atoms with van der Waals surface area (Å²) < 4.78 is 6.04. The summed E-state index contributed by atoms with van der Waals surface area (Å²) in [4.78, 5) is 14.4. The van der Waals surface area contributed by atoms with Gasteiger partial charge in [0.25, 0.3) is 0 Å². The van der Waals surface area contributed by atoms with Crippen molar-refractivity contribution >= 4 is 17.1 Å². The topological polar surface area (TPSA) is 26.3 Å². The van der Waals surface area contributed by atoms with Gasteiger partial charge in [0.15, 0.2) is 5.78 Å². The average Bonchev–Trinajstić information content (AvgIpc) is 2.93. The number of rotatable bonds is 6. The second kappa shape index (κ2) is 7.55. The van der Waals surface area contributed by atoms with Crippen molar-refractivity contribution in [2.75, 3.05) is 6.61 Å². The molecule has 1 aliphatic carbocycles. The third-order valence-corrected chi connectivity index (χ3v) is 5.95. The van der Waals surface area contributed by atoms with E-state index in [1.807, 2.05) is 6.07 Å². The normalized spacial score (nSPS) is 26.2. The summed E-state index contributed by atoms with van der Waals surface area (Å²) in [6, 6.07) is 4.00. The maximum absolute atomic E-state index is 12.3. The molecule has 3 unspecified atom stereocenters. The Bertz CT molecular complexity index is 464. The molecule has 3 atom stereocenters.